The number of halogens is 1. The van der Waals surface area contributed by atoms with Gasteiger partial charge in [0.25, 0.3) is 5.56 Å². The van der Waals surface area contributed by atoms with Crippen LogP contribution in [0.1, 0.15) is 16.2 Å². The highest BCUT2D eigenvalue weighted by atomic mass is 32.1. The smallest absolute Gasteiger partial charge is 0.338 e. The summed E-state index contributed by atoms with van der Waals surface area (Å²) < 4.78 is 18.1. The van der Waals surface area contributed by atoms with Crippen LogP contribution in [0.4, 0.5) is 4.39 Å². The summed E-state index contributed by atoms with van der Waals surface area (Å²) in [5, 5.41) is 2.40. The summed E-state index contributed by atoms with van der Waals surface area (Å²) in [6.45, 7) is -0.181. The van der Waals surface area contributed by atoms with Crippen molar-refractivity contribution in [3.8, 4) is 11.1 Å². The molecule has 0 aliphatic carbocycles. The molecule has 4 aromatic rings. The Bertz CT molecular complexity index is 1170. The lowest BCUT2D eigenvalue weighted by molar-refractivity contribution is 0.0462. The van der Waals surface area contributed by atoms with Gasteiger partial charge in [0.05, 0.1) is 10.9 Å². The Labute approximate surface area is 157 Å². The number of nitrogens with one attached hydrogen (secondary N) is 1. The van der Waals surface area contributed by atoms with Crippen LogP contribution in [-0.4, -0.2) is 15.9 Å². The van der Waals surface area contributed by atoms with Crippen molar-refractivity contribution in [2.24, 2.45) is 0 Å². The van der Waals surface area contributed by atoms with Gasteiger partial charge in [-0.15, -0.1) is 11.3 Å². The Hall–Kier alpha value is -3.32. The molecule has 0 fully saturated rings. The van der Waals surface area contributed by atoms with Gasteiger partial charge in [-0.05, 0) is 29.8 Å². The average Bonchev–Trinajstić information content (AvgIpc) is 3.12. The number of H-pyrrole nitrogens is 1. The van der Waals surface area contributed by atoms with E-state index in [0.29, 0.717) is 10.2 Å². The molecular formula is C20H13FN2O3S. The first-order chi connectivity index (χ1) is 13.1. The predicted molar refractivity (Wildman–Crippen MR) is 101 cm³/mol. The highest BCUT2D eigenvalue weighted by Crippen LogP contribution is 2.30. The predicted octanol–water partition coefficient (Wildman–Crippen LogP) is 4.15. The average molecular weight is 380 g/mol. The standard InChI is InChI=1S/C20H13FN2O3S/c21-14-8-6-13(7-9-14)20(25)26-10-16-22-18(24)17-15(11-27-19(17)23-16)12-4-2-1-3-5-12/h1-9,11H,10H2,(H,22,23,24). The second-order valence-electron chi connectivity index (χ2n) is 5.79. The topological polar surface area (TPSA) is 72.0 Å². The van der Waals surface area contributed by atoms with E-state index in [1.807, 2.05) is 35.7 Å². The third-order valence-electron chi connectivity index (χ3n) is 4.00. The minimum Gasteiger partial charge on any atom is -0.454 e. The SMILES string of the molecule is O=C(OCc1nc2scc(-c3ccccc3)c2c(=O)[nH]1)c1ccc(F)cc1. The number of aromatic nitrogens is 2. The first-order valence-electron chi connectivity index (χ1n) is 8.10. The van der Waals surface area contributed by atoms with Gasteiger partial charge in [0.15, 0.2) is 0 Å². The second kappa shape index (κ2) is 7.13. The van der Waals surface area contributed by atoms with Gasteiger partial charge in [-0.2, -0.15) is 0 Å². The molecule has 0 saturated carbocycles. The van der Waals surface area contributed by atoms with E-state index in [-0.39, 0.29) is 23.6 Å². The number of ether oxygens (including phenoxy) is 1. The number of aromatic amines is 1. The molecule has 0 atom stereocenters. The molecule has 2 aromatic carbocycles. The fourth-order valence-corrected chi connectivity index (χ4v) is 3.66. The van der Waals surface area contributed by atoms with Crippen LogP contribution < -0.4 is 5.56 Å². The maximum atomic E-state index is 12.9. The first-order valence-corrected chi connectivity index (χ1v) is 8.98. The molecule has 0 saturated heterocycles. The number of esters is 1. The third-order valence-corrected chi connectivity index (χ3v) is 4.87. The summed E-state index contributed by atoms with van der Waals surface area (Å²) in [7, 11) is 0. The van der Waals surface area contributed by atoms with Crippen molar-refractivity contribution in [3.05, 3.63) is 87.5 Å². The van der Waals surface area contributed by atoms with Crippen LogP contribution in [0.15, 0.2) is 64.8 Å². The van der Waals surface area contributed by atoms with Crippen LogP contribution >= 0.6 is 11.3 Å². The number of carbonyl (C=O) groups excluding carboxylic acids is 1. The van der Waals surface area contributed by atoms with Crippen LogP contribution in [0.25, 0.3) is 21.3 Å². The maximum absolute atomic E-state index is 12.9. The molecule has 0 bridgehead atoms. The molecule has 5 nitrogen and oxygen atoms in total. The van der Waals surface area contributed by atoms with E-state index < -0.39 is 11.8 Å². The Kier molecular flexibility index (Phi) is 4.52. The van der Waals surface area contributed by atoms with Crippen molar-refractivity contribution in [1.82, 2.24) is 9.97 Å². The van der Waals surface area contributed by atoms with E-state index in [2.05, 4.69) is 9.97 Å². The highest BCUT2D eigenvalue weighted by molar-refractivity contribution is 7.17. The van der Waals surface area contributed by atoms with Crippen LogP contribution in [0.2, 0.25) is 0 Å². The Morgan fingerprint density at radius 1 is 1.11 bits per heavy atom. The van der Waals surface area contributed by atoms with Crippen molar-refractivity contribution in [2.45, 2.75) is 6.61 Å². The lowest BCUT2D eigenvalue weighted by Gasteiger charge is -2.05. The molecule has 0 amide bonds. The van der Waals surface area contributed by atoms with E-state index in [1.54, 1.807) is 0 Å². The summed E-state index contributed by atoms with van der Waals surface area (Å²) >= 11 is 1.36. The summed E-state index contributed by atoms with van der Waals surface area (Å²) in [4.78, 5) is 32.2. The number of nitrogens with zero attached hydrogens (tertiary/aromatic N) is 1. The van der Waals surface area contributed by atoms with Crippen LogP contribution in [-0.2, 0) is 11.3 Å². The number of hydrogen-bond donors (Lipinski definition) is 1. The van der Waals surface area contributed by atoms with Gasteiger partial charge in [-0.1, -0.05) is 30.3 Å². The molecule has 0 aliphatic heterocycles. The largest absolute Gasteiger partial charge is 0.454 e. The van der Waals surface area contributed by atoms with Crippen molar-refractivity contribution < 1.29 is 13.9 Å². The van der Waals surface area contributed by atoms with Crippen LogP contribution in [0.3, 0.4) is 0 Å². The Morgan fingerprint density at radius 3 is 2.59 bits per heavy atom. The number of hydrogen-bond acceptors (Lipinski definition) is 5. The molecule has 134 valence electrons. The van der Waals surface area contributed by atoms with Gasteiger partial charge in [0.1, 0.15) is 23.1 Å². The van der Waals surface area contributed by atoms with Gasteiger partial charge in [-0.3, -0.25) is 4.79 Å². The molecule has 0 aliphatic rings. The van der Waals surface area contributed by atoms with Gasteiger partial charge in [0, 0.05) is 10.9 Å². The highest BCUT2D eigenvalue weighted by Gasteiger charge is 2.14. The molecule has 0 spiro atoms. The summed E-state index contributed by atoms with van der Waals surface area (Å²) in [6.07, 6.45) is 0. The number of benzene rings is 2. The van der Waals surface area contributed by atoms with E-state index in [9.17, 15) is 14.0 Å². The van der Waals surface area contributed by atoms with Gasteiger partial charge in [0.2, 0.25) is 0 Å². The van der Waals surface area contributed by atoms with Gasteiger partial charge in [-0.25, -0.2) is 14.2 Å². The molecule has 0 radical (unpaired) electrons. The normalized spacial score (nSPS) is 10.9. The van der Waals surface area contributed by atoms with Crippen LogP contribution in [0, 0.1) is 5.82 Å². The number of fused-ring (bicyclic) bond motifs is 1. The third kappa shape index (κ3) is 3.50. The molecule has 1 N–H and O–H groups in total. The molecular weight excluding hydrogens is 367 g/mol. The molecule has 7 heteroatoms. The quantitative estimate of drug-likeness (QED) is 0.540. The Morgan fingerprint density at radius 2 is 1.85 bits per heavy atom. The molecule has 2 heterocycles. The summed E-state index contributed by atoms with van der Waals surface area (Å²) in [5.41, 5.74) is 1.70. The van der Waals surface area contributed by atoms with Gasteiger partial charge >= 0.3 is 5.97 Å². The summed E-state index contributed by atoms with van der Waals surface area (Å²) in [5.74, 6) is -0.798. The van der Waals surface area contributed by atoms with E-state index in [1.165, 1.54) is 35.6 Å². The van der Waals surface area contributed by atoms with Gasteiger partial charge < -0.3 is 9.72 Å². The lowest BCUT2D eigenvalue weighted by atomic mass is 10.1. The monoisotopic (exact) mass is 380 g/mol. The van der Waals surface area contributed by atoms with E-state index in [0.717, 1.165) is 11.1 Å². The van der Waals surface area contributed by atoms with Crippen molar-refractivity contribution in [3.63, 3.8) is 0 Å². The lowest BCUT2D eigenvalue weighted by Crippen LogP contribution is -2.14. The molecule has 2 aromatic heterocycles. The van der Waals surface area contributed by atoms with Crippen molar-refractivity contribution in [1.29, 1.82) is 0 Å². The Balaban J connectivity index is 1.58. The first kappa shape index (κ1) is 17.1. The molecule has 4 rings (SSSR count). The fraction of sp³-hybridized carbons (Fsp3) is 0.0500. The zero-order valence-corrected chi connectivity index (χ0v) is 14.8. The van der Waals surface area contributed by atoms with Crippen molar-refractivity contribution in [2.75, 3.05) is 0 Å². The minimum atomic E-state index is -0.617. The molecule has 0 unspecified atom stereocenters. The zero-order chi connectivity index (χ0) is 18.8. The summed E-state index contributed by atoms with van der Waals surface area (Å²) in [6, 6.07) is 14.6. The zero-order valence-electron chi connectivity index (χ0n) is 13.9. The minimum absolute atomic E-state index is 0.181. The van der Waals surface area contributed by atoms with E-state index >= 15 is 0 Å². The van der Waals surface area contributed by atoms with Crippen LogP contribution in [0.5, 0.6) is 0 Å². The number of carbonyl (C=O) groups is 1. The second-order valence-corrected chi connectivity index (χ2v) is 6.65. The maximum Gasteiger partial charge on any atom is 0.338 e. The number of thiophene rings is 1. The number of rotatable bonds is 4. The fourth-order valence-electron chi connectivity index (χ4n) is 2.70. The van der Waals surface area contributed by atoms with Crippen molar-refractivity contribution >= 4 is 27.5 Å². The van der Waals surface area contributed by atoms with E-state index in [4.69, 9.17) is 4.74 Å². The molecule has 27 heavy (non-hydrogen) atoms.